The van der Waals surface area contributed by atoms with Crippen molar-refractivity contribution in [3.63, 3.8) is 0 Å². The number of rotatable bonds is 16. The van der Waals surface area contributed by atoms with Crippen molar-refractivity contribution in [2.75, 3.05) is 32.2 Å². The third kappa shape index (κ3) is 9.32. The summed E-state index contributed by atoms with van der Waals surface area (Å²) in [6.45, 7) is 5.15. The lowest BCUT2D eigenvalue weighted by molar-refractivity contribution is -0.140. The fourth-order valence-corrected chi connectivity index (χ4v) is 6.71. The van der Waals surface area contributed by atoms with Crippen LogP contribution in [0.1, 0.15) is 37.0 Å². The molecule has 49 heavy (non-hydrogen) atoms. The van der Waals surface area contributed by atoms with Crippen LogP contribution in [0.3, 0.4) is 0 Å². The fourth-order valence-electron chi connectivity index (χ4n) is 5.31. The Morgan fingerprint density at radius 3 is 2.10 bits per heavy atom. The summed E-state index contributed by atoms with van der Waals surface area (Å²) in [6, 6.07) is 26.6. The lowest BCUT2D eigenvalue weighted by atomic mass is 10.0. The van der Waals surface area contributed by atoms with E-state index in [1.54, 1.807) is 49.6 Å². The van der Waals surface area contributed by atoms with E-state index in [-0.39, 0.29) is 35.5 Å². The van der Waals surface area contributed by atoms with Crippen molar-refractivity contribution >= 4 is 27.5 Å². The van der Waals surface area contributed by atoms with E-state index in [0.29, 0.717) is 29.2 Å². The molecule has 2 amide bonds. The highest BCUT2D eigenvalue weighted by Crippen LogP contribution is 2.34. The number of benzene rings is 4. The van der Waals surface area contributed by atoms with Crippen LogP contribution in [0.4, 0.5) is 5.69 Å². The number of hydrogen-bond acceptors (Lipinski definition) is 7. The van der Waals surface area contributed by atoms with Crippen molar-refractivity contribution in [1.82, 2.24) is 10.2 Å². The molecule has 2 atom stereocenters. The van der Waals surface area contributed by atoms with Gasteiger partial charge in [0.15, 0.2) is 11.5 Å². The SMILES string of the molecule is CC[C@@H](C)NC(=O)[C@@H](Cc1ccccc1)N(Cc1cccc(OC)c1)C(=O)CN(c1ccc(OC)c(OC)c1)S(=O)(=O)c1ccc(C)cc1. The van der Waals surface area contributed by atoms with E-state index in [0.717, 1.165) is 15.4 Å². The van der Waals surface area contributed by atoms with Gasteiger partial charge in [-0.3, -0.25) is 13.9 Å². The molecular weight excluding hydrogens is 642 g/mol. The van der Waals surface area contributed by atoms with Crippen LogP contribution in [-0.4, -0.2) is 65.1 Å². The predicted octanol–water partition coefficient (Wildman–Crippen LogP) is 5.77. The van der Waals surface area contributed by atoms with Gasteiger partial charge in [0.1, 0.15) is 18.3 Å². The van der Waals surface area contributed by atoms with E-state index in [1.807, 2.05) is 57.2 Å². The first-order valence-electron chi connectivity index (χ1n) is 16.1. The zero-order valence-electron chi connectivity index (χ0n) is 28.9. The molecule has 0 heterocycles. The molecule has 4 rings (SSSR count). The molecule has 0 saturated carbocycles. The number of aryl methyl sites for hydroxylation is 1. The van der Waals surface area contributed by atoms with E-state index in [2.05, 4.69) is 5.32 Å². The van der Waals surface area contributed by atoms with E-state index < -0.39 is 28.5 Å². The first kappa shape index (κ1) is 36.8. The maximum atomic E-state index is 14.7. The largest absolute Gasteiger partial charge is 0.497 e. The lowest BCUT2D eigenvalue weighted by Gasteiger charge is -2.34. The van der Waals surface area contributed by atoms with Gasteiger partial charge in [-0.05, 0) is 67.8 Å². The van der Waals surface area contributed by atoms with Crippen LogP contribution in [0.15, 0.2) is 102 Å². The smallest absolute Gasteiger partial charge is 0.264 e. The first-order valence-corrected chi connectivity index (χ1v) is 17.5. The predicted molar refractivity (Wildman–Crippen MR) is 191 cm³/mol. The summed E-state index contributed by atoms with van der Waals surface area (Å²) >= 11 is 0. The summed E-state index contributed by atoms with van der Waals surface area (Å²) in [5.41, 5.74) is 2.63. The Kier molecular flexibility index (Phi) is 12.7. The topological polar surface area (TPSA) is 114 Å². The van der Waals surface area contributed by atoms with Crippen LogP contribution in [0, 0.1) is 6.92 Å². The van der Waals surface area contributed by atoms with E-state index in [9.17, 15) is 18.0 Å². The summed E-state index contributed by atoms with van der Waals surface area (Å²) in [7, 11) is 0.198. The van der Waals surface area contributed by atoms with Crippen LogP contribution >= 0.6 is 0 Å². The van der Waals surface area contributed by atoms with Crippen molar-refractivity contribution in [2.45, 2.75) is 57.1 Å². The van der Waals surface area contributed by atoms with Crippen molar-refractivity contribution in [3.05, 3.63) is 114 Å². The van der Waals surface area contributed by atoms with Crippen LogP contribution in [0.2, 0.25) is 0 Å². The van der Waals surface area contributed by atoms with Gasteiger partial charge >= 0.3 is 0 Å². The summed E-state index contributed by atoms with van der Waals surface area (Å²) in [6.07, 6.45) is 0.898. The Hall–Kier alpha value is -5.03. The quantitative estimate of drug-likeness (QED) is 0.159. The molecule has 0 saturated heterocycles. The molecule has 0 bridgehead atoms. The average molecular weight is 688 g/mol. The Morgan fingerprint density at radius 2 is 1.47 bits per heavy atom. The van der Waals surface area contributed by atoms with Crippen LogP contribution in [0.5, 0.6) is 17.2 Å². The third-order valence-corrected chi connectivity index (χ3v) is 10.1. The highest BCUT2D eigenvalue weighted by Gasteiger charge is 2.35. The van der Waals surface area contributed by atoms with Crippen molar-refractivity contribution in [3.8, 4) is 17.2 Å². The number of carbonyl (C=O) groups excluding carboxylic acids is 2. The van der Waals surface area contributed by atoms with E-state index in [1.165, 1.54) is 37.3 Å². The minimum absolute atomic E-state index is 0.00961. The molecule has 0 aliphatic carbocycles. The normalized spacial score (nSPS) is 12.4. The third-order valence-electron chi connectivity index (χ3n) is 8.30. The second-order valence-electron chi connectivity index (χ2n) is 11.8. The van der Waals surface area contributed by atoms with Crippen molar-refractivity contribution in [2.24, 2.45) is 0 Å². The molecule has 0 aliphatic heterocycles. The molecule has 4 aromatic carbocycles. The van der Waals surface area contributed by atoms with Gasteiger partial charge in [-0.25, -0.2) is 8.42 Å². The molecule has 1 N–H and O–H groups in total. The molecular formula is C38H45N3O7S. The summed E-state index contributed by atoms with van der Waals surface area (Å²) in [5, 5.41) is 3.05. The molecule has 0 spiro atoms. The van der Waals surface area contributed by atoms with Crippen molar-refractivity contribution in [1.29, 1.82) is 0 Å². The second-order valence-corrected chi connectivity index (χ2v) is 13.6. The fraction of sp³-hybridized carbons (Fsp3) is 0.316. The zero-order chi connectivity index (χ0) is 35.6. The maximum Gasteiger partial charge on any atom is 0.264 e. The van der Waals surface area contributed by atoms with Crippen LogP contribution in [0.25, 0.3) is 0 Å². The van der Waals surface area contributed by atoms with E-state index in [4.69, 9.17) is 14.2 Å². The molecule has 0 fully saturated rings. The molecule has 0 aromatic heterocycles. The van der Waals surface area contributed by atoms with Gasteiger partial charge in [0.05, 0.1) is 31.9 Å². The summed E-state index contributed by atoms with van der Waals surface area (Å²) in [4.78, 5) is 30.2. The summed E-state index contributed by atoms with van der Waals surface area (Å²) in [5.74, 6) is 0.360. The minimum Gasteiger partial charge on any atom is -0.497 e. The minimum atomic E-state index is -4.29. The van der Waals surface area contributed by atoms with Crippen molar-refractivity contribution < 1.29 is 32.2 Å². The molecule has 4 aromatic rings. The number of ether oxygens (including phenoxy) is 3. The highest BCUT2D eigenvalue weighted by molar-refractivity contribution is 7.92. The molecule has 0 aliphatic rings. The van der Waals surface area contributed by atoms with Gasteiger partial charge in [0.25, 0.3) is 10.0 Å². The first-order chi connectivity index (χ1) is 23.5. The van der Waals surface area contributed by atoms with Gasteiger partial charge in [0, 0.05) is 25.1 Å². The van der Waals surface area contributed by atoms with Gasteiger partial charge < -0.3 is 24.4 Å². The average Bonchev–Trinajstić information content (AvgIpc) is 3.12. The Morgan fingerprint density at radius 1 is 0.796 bits per heavy atom. The molecule has 10 nitrogen and oxygen atoms in total. The number of methoxy groups -OCH3 is 3. The molecule has 11 heteroatoms. The van der Waals surface area contributed by atoms with Crippen LogP contribution < -0.4 is 23.8 Å². The van der Waals surface area contributed by atoms with Crippen LogP contribution in [-0.2, 0) is 32.6 Å². The van der Waals surface area contributed by atoms with Gasteiger partial charge in [-0.1, -0.05) is 67.1 Å². The number of amides is 2. The Labute approximate surface area is 289 Å². The monoisotopic (exact) mass is 687 g/mol. The maximum absolute atomic E-state index is 14.7. The Balaban J connectivity index is 1.86. The molecule has 0 unspecified atom stereocenters. The van der Waals surface area contributed by atoms with E-state index >= 15 is 0 Å². The number of nitrogens with zero attached hydrogens (tertiary/aromatic N) is 2. The number of anilines is 1. The number of hydrogen-bond donors (Lipinski definition) is 1. The van der Waals surface area contributed by atoms with Gasteiger partial charge in [0.2, 0.25) is 11.8 Å². The number of carbonyl (C=O) groups is 2. The molecule has 0 radical (unpaired) electrons. The second kappa shape index (κ2) is 16.9. The molecule has 260 valence electrons. The number of nitrogens with one attached hydrogen (secondary N) is 1. The summed E-state index contributed by atoms with van der Waals surface area (Å²) < 4.78 is 46.1. The van der Waals surface area contributed by atoms with Gasteiger partial charge in [-0.2, -0.15) is 0 Å². The van der Waals surface area contributed by atoms with Gasteiger partial charge in [-0.15, -0.1) is 0 Å². The number of sulfonamides is 1. The zero-order valence-corrected chi connectivity index (χ0v) is 29.7. The lowest BCUT2D eigenvalue weighted by Crippen LogP contribution is -2.54. The Bertz CT molecular complexity index is 1820. The highest BCUT2D eigenvalue weighted by atomic mass is 32.2. The standard InChI is InChI=1S/C38H45N3O7S/c1-7-28(3)39-38(43)34(23-29-12-9-8-10-13-29)40(25-30-14-11-15-32(22-30)46-4)37(42)26-41(31-18-21-35(47-5)36(24-31)48-6)49(44,45)33-19-16-27(2)17-20-33/h8-22,24,28,34H,7,23,25-26H2,1-6H3,(H,39,43)/t28-,34-/m1/s1.